The molecule has 1 N–H and O–H groups in total. The topological polar surface area (TPSA) is 128 Å². The summed E-state index contributed by atoms with van der Waals surface area (Å²) in [4.78, 5) is 16.5. The largest absolute Gasteiger partial charge is 0.637 e. The van der Waals surface area contributed by atoms with Gasteiger partial charge in [0.2, 0.25) is 6.61 Å². The highest BCUT2D eigenvalue weighted by atomic mass is 19.2. The Balaban J connectivity index is 4.25. The van der Waals surface area contributed by atoms with Crippen LogP contribution in [0.2, 0.25) is 0 Å². The van der Waals surface area contributed by atoms with Crippen LogP contribution in [0, 0.1) is 20.2 Å². The standard InChI is InChI=1S/C4H6FN3O6/c5-4(7(10)11,8(12)13)3-14-2-1-6-9/h1,9H,2-3H2/b6-1+. The van der Waals surface area contributed by atoms with E-state index in [9.17, 15) is 24.6 Å². The second-order valence-corrected chi connectivity index (χ2v) is 2.05. The first-order valence-electron chi connectivity index (χ1n) is 3.16. The number of hydrogen-bond donors (Lipinski definition) is 1. The maximum Gasteiger partial charge on any atom is 0.637 e. The average Bonchev–Trinajstić information content (AvgIpc) is 2.11. The summed E-state index contributed by atoms with van der Waals surface area (Å²) in [5.41, 5.74) is 0. The summed E-state index contributed by atoms with van der Waals surface area (Å²) >= 11 is 0. The molecule has 0 aliphatic carbocycles. The lowest BCUT2D eigenvalue weighted by Crippen LogP contribution is -2.46. The van der Waals surface area contributed by atoms with Crippen molar-refractivity contribution >= 4 is 6.21 Å². The Morgan fingerprint density at radius 1 is 1.50 bits per heavy atom. The van der Waals surface area contributed by atoms with Gasteiger partial charge in [0, 0.05) is 0 Å². The molecule has 14 heavy (non-hydrogen) atoms. The molecule has 0 aromatic heterocycles. The van der Waals surface area contributed by atoms with Crippen molar-refractivity contribution in [3.05, 3.63) is 20.2 Å². The summed E-state index contributed by atoms with van der Waals surface area (Å²) in [7, 11) is 0. The van der Waals surface area contributed by atoms with Crippen LogP contribution >= 0.6 is 0 Å². The van der Waals surface area contributed by atoms with E-state index in [1.807, 2.05) is 0 Å². The lowest BCUT2D eigenvalue weighted by molar-refractivity contribution is -0.833. The Bertz CT molecular complexity index is 241. The van der Waals surface area contributed by atoms with Gasteiger partial charge in [-0.2, -0.15) is 0 Å². The lowest BCUT2D eigenvalue weighted by atomic mass is 10.5. The minimum atomic E-state index is -3.87. The smallest absolute Gasteiger partial charge is 0.411 e. The van der Waals surface area contributed by atoms with Gasteiger partial charge in [-0.1, -0.05) is 9.55 Å². The van der Waals surface area contributed by atoms with E-state index < -0.39 is 29.0 Å². The van der Waals surface area contributed by atoms with Crippen molar-refractivity contribution in [2.24, 2.45) is 5.16 Å². The fraction of sp³-hybridized carbons (Fsp3) is 0.750. The van der Waals surface area contributed by atoms with Crippen molar-refractivity contribution in [1.82, 2.24) is 0 Å². The summed E-state index contributed by atoms with van der Waals surface area (Å²) in [6.07, 6.45) is 0.750. The van der Waals surface area contributed by atoms with Crippen molar-refractivity contribution in [3.63, 3.8) is 0 Å². The number of hydrogen-bond acceptors (Lipinski definition) is 7. The third kappa shape index (κ3) is 2.90. The van der Waals surface area contributed by atoms with Gasteiger partial charge in [0.05, 0.1) is 12.8 Å². The second kappa shape index (κ2) is 5.01. The van der Waals surface area contributed by atoms with Gasteiger partial charge in [0.1, 0.15) is 9.85 Å². The van der Waals surface area contributed by atoms with Gasteiger partial charge in [-0.15, -0.1) is 0 Å². The van der Waals surface area contributed by atoms with Gasteiger partial charge in [-0.25, -0.2) is 0 Å². The minimum absolute atomic E-state index is 0.468. The molecule has 0 rings (SSSR count). The van der Waals surface area contributed by atoms with E-state index in [2.05, 4.69) is 9.89 Å². The van der Waals surface area contributed by atoms with Crippen molar-refractivity contribution in [2.45, 2.75) is 5.92 Å². The molecule has 0 spiro atoms. The Morgan fingerprint density at radius 2 is 2.00 bits per heavy atom. The molecule has 80 valence electrons. The molecule has 0 aromatic carbocycles. The highest BCUT2D eigenvalue weighted by molar-refractivity contribution is 5.57. The summed E-state index contributed by atoms with van der Waals surface area (Å²) in [6, 6.07) is 0. The van der Waals surface area contributed by atoms with Gasteiger partial charge < -0.3 is 9.94 Å². The summed E-state index contributed by atoms with van der Waals surface area (Å²) in [6.45, 7) is -1.83. The second-order valence-electron chi connectivity index (χ2n) is 2.05. The Morgan fingerprint density at radius 3 is 2.36 bits per heavy atom. The lowest BCUT2D eigenvalue weighted by Gasteiger charge is -2.06. The molecule has 0 amide bonds. The molecule has 0 aliphatic heterocycles. The molecule has 0 unspecified atom stereocenters. The first kappa shape index (κ1) is 12.2. The first-order valence-corrected chi connectivity index (χ1v) is 3.16. The van der Waals surface area contributed by atoms with Crippen LogP contribution in [0.5, 0.6) is 0 Å². The molecule has 9 nitrogen and oxygen atoms in total. The minimum Gasteiger partial charge on any atom is -0.411 e. The van der Waals surface area contributed by atoms with Crippen LogP contribution in [0.1, 0.15) is 0 Å². The van der Waals surface area contributed by atoms with Crippen LogP contribution in [-0.2, 0) is 4.74 Å². The zero-order chi connectivity index (χ0) is 11.2. The molecule has 0 atom stereocenters. The molecule has 0 radical (unpaired) electrons. The van der Waals surface area contributed by atoms with E-state index in [1.54, 1.807) is 0 Å². The summed E-state index contributed by atoms with van der Waals surface area (Å²) in [5.74, 6) is -3.87. The first-order chi connectivity index (χ1) is 6.45. The predicted octanol–water partition coefficient (Wildman–Crippen LogP) is -0.360. The molecule has 0 saturated heterocycles. The van der Waals surface area contributed by atoms with Crippen molar-refractivity contribution in [3.8, 4) is 0 Å². The average molecular weight is 211 g/mol. The number of oxime groups is 1. The molecule has 0 heterocycles. The molecular formula is C4H6FN3O6. The molecule has 10 heteroatoms. The van der Waals surface area contributed by atoms with Crippen LogP contribution in [0.25, 0.3) is 0 Å². The highest BCUT2D eigenvalue weighted by Crippen LogP contribution is 2.12. The van der Waals surface area contributed by atoms with E-state index in [-0.39, 0.29) is 0 Å². The number of ether oxygens (including phenoxy) is 1. The fourth-order valence-electron chi connectivity index (χ4n) is 0.447. The molecular weight excluding hydrogens is 205 g/mol. The van der Waals surface area contributed by atoms with Gasteiger partial charge in [0.25, 0.3) is 0 Å². The van der Waals surface area contributed by atoms with E-state index in [0.29, 0.717) is 0 Å². The number of alkyl halides is 1. The summed E-state index contributed by atoms with van der Waals surface area (Å²) in [5, 5.41) is 30.2. The zero-order valence-electron chi connectivity index (χ0n) is 6.70. The SMILES string of the molecule is O=[N+]([O-])C(F)(COC/C=N/O)[N+](=O)[O-]. The quantitative estimate of drug-likeness (QED) is 0.121. The van der Waals surface area contributed by atoms with Crippen LogP contribution in [0.15, 0.2) is 5.16 Å². The maximum atomic E-state index is 12.8. The molecule has 0 saturated carbocycles. The van der Waals surface area contributed by atoms with Crippen molar-refractivity contribution in [2.75, 3.05) is 13.2 Å². The van der Waals surface area contributed by atoms with E-state index in [0.717, 1.165) is 6.21 Å². The molecule has 0 aliphatic rings. The van der Waals surface area contributed by atoms with E-state index >= 15 is 0 Å². The summed E-state index contributed by atoms with van der Waals surface area (Å²) < 4.78 is 17.0. The monoisotopic (exact) mass is 211 g/mol. The zero-order valence-corrected chi connectivity index (χ0v) is 6.70. The number of nitrogens with zero attached hydrogens (tertiary/aromatic N) is 3. The van der Waals surface area contributed by atoms with Gasteiger partial charge in [0.15, 0.2) is 0 Å². The van der Waals surface area contributed by atoms with Crippen LogP contribution < -0.4 is 0 Å². The molecule has 0 bridgehead atoms. The number of nitro groups is 2. The normalized spacial score (nSPS) is 11.8. The predicted molar refractivity (Wildman–Crippen MR) is 38.9 cm³/mol. The van der Waals surface area contributed by atoms with E-state index in [1.165, 1.54) is 0 Å². The van der Waals surface area contributed by atoms with Gasteiger partial charge in [-0.05, 0) is 0 Å². The van der Waals surface area contributed by atoms with Crippen molar-refractivity contribution < 1.29 is 24.2 Å². The molecule has 0 aromatic rings. The Kier molecular flexibility index (Phi) is 4.35. The Labute approximate surface area is 76.1 Å². The molecule has 0 fully saturated rings. The number of halogens is 1. The van der Waals surface area contributed by atoms with Gasteiger partial charge >= 0.3 is 5.92 Å². The van der Waals surface area contributed by atoms with Crippen LogP contribution in [-0.4, -0.2) is 40.4 Å². The number of rotatable bonds is 6. The fourth-order valence-corrected chi connectivity index (χ4v) is 0.447. The van der Waals surface area contributed by atoms with Crippen LogP contribution in [0.4, 0.5) is 4.39 Å². The highest BCUT2D eigenvalue weighted by Gasteiger charge is 2.58. The van der Waals surface area contributed by atoms with Crippen LogP contribution in [0.3, 0.4) is 0 Å². The third-order valence-corrected chi connectivity index (χ3v) is 1.12. The maximum absolute atomic E-state index is 12.8. The van der Waals surface area contributed by atoms with Crippen molar-refractivity contribution in [1.29, 1.82) is 0 Å². The van der Waals surface area contributed by atoms with Gasteiger partial charge in [-0.3, -0.25) is 20.2 Å². The third-order valence-electron chi connectivity index (χ3n) is 1.12. The Hall–Kier alpha value is -1.84. The van der Waals surface area contributed by atoms with E-state index in [4.69, 9.17) is 5.21 Å².